The highest BCUT2D eigenvalue weighted by atomic mass is 16.8. The number of ketones is 1. The molecule has 0 bridgehead atoms. The van der Waals surface area contributed by atoms with Crippen molar-refractivity contribution in [3.05, 3.63) is 11.6 Å². The molecule has 1 heterocycles. The smallest absolute Gasteiger partial charge is 0.333 e. The molecule has 0 unspecified atom stereocenters. The van der Waals surface area contributed by atoms with Gasteiger partial charge in [-0.2, -0.15) is 0 Å². The van der Waals surface area contributed by atoms with Crippen LogP contribution in [-0.4, -0.2) is 36.9 Å². The highest BCUT2D eigenvalue weighted by Gasteiger charge is 2.52. The number of methoxy groups -OCH3 is 1. The van der Waals surface area contributed by atoms with Crippen LogP contribution < -0.4 is 0 Å². The Kier molecular flexibility index (Phi) is 3.19. The van der Waals surface area contributed by atoms with E-state index in [0.29, 0.717) is 12.0 Å². The van der Waals surface area contributed by atoms with Crippen molar-refractivity contribution in [2.75, 3.05) is 7.11 Å². The van der Waals surface area contributed by atoms with Gasteiger partial charge in [-0.05, 0) is 18.9 Å². The molecule has 19 heavy (non-hydrogen) atoms. The Morgan fingerprint density at radius 3 is 2.74 bits per heavy atom. The molecule has 5 nitrogen and oxygen atoms in total. The Bertz CT molecular complexity index is 433. The first-order valence-corrected chi connectivity index (χ1v) is 6.82. The number of carbonyl (C=O) groups is 2. The van der Waals surface area contributed by atoms with Crippen LogP contribution in [0.15, 0.2) is 11.6 Å². The van der Waals surface area contributed by atoms with E-state index in [-0.39, 0.29) is 11.9 Å². The summed E-state index contributed by atoms with van der Waals surface area (Å²) < 4.78 is 16.6. The van der Waals surface area contributed by atoms with Gasteiger partial charge in [0.25, 0.3) is 0 Å². The third-order valence-electron chi connectivity index (χ3n) is 4.13. The number of carbonyl (C=O) groups excluding carboxylic acids is 2. The zero-order valence-corrected chi connectivity index (χ0v) is 11.0. The Morgan fingerprint density at radius 2 is 2.05 bits per heavy atom. The minimum absolute atomic E-state index is 0.181. The average molecular weight is 266 g/mol. The van der Waals surface area contributed by atoms with E-state index in [1.807, 2.05) is 0 Å². The van der Waals surface area contributed by atoms with Crippen LogP contribution in [0.5, 0.6) is 0 Å². The van der Waals surface area contributed by atoms with Crippen LogP contribution in [0.2, 0.25) is 0 Å². The lowest BCUT2D eigenvalue weighted by molar-refractivity contribution is -0.193. The second kappa shape index (κ2) is 4.72. The summed E-state index contributed by atoms with van der Waals surface area (Å²) in [5.74, 6) is -1.23. The second-order valence-electron chi connectivity index (χ2n) is 5.43. The highest BCUT2D eigenvalue weighted by molar-refractivity contribution is 6.03. The van der Waals surface area contributed by atoms with Crippen LogP contribution >= 0.6 is 0 Å². The lowest BCUT2D eigenvalue weighted by Gasteiger charge is -2.31. The molecule has 0 amide bonds. The third kappa shape index (κ3) is 2.21. The summed E-state index contributed by atoms with van der Waals surface area (Å²) in [6.45, 7) is 0. The standard InChI is InChI=1S/C14H18O5/c1-17-13(16)9-7-10(15)12-11(8-9)18-14(19-12)5-3-2-4-6-14/h7,11-12H,2-6,8H2,1H3/t11-,12+/m1/s1. The van der Waals surface area contributed by atoms with E-state index in [9.17, 15) is 9.59 Å². The average Bonchev–Trinajstić information content (AvgIpc) is 2.77. The van der Waals surface area contributed by atoms with E-state index in [1.54, 1.807) is 0 Å². The predicted molar refractivity (Wildman–Crippen MR) is 65.3 cm³/mol. The SMILES string of the molecule is COC(=O)C1=CC(=O)[C@@H]2OC3(CCCCC3)O[C@@H]2C1. The lowest BCUT2D eigenvalue weighted by atomic mass is 9.93. The van der Waals surface area contributed by atoms with E-state index in [0.717, 1.165) is 25.7 Å². The van der Waals surface area contributed by atoms with Gasteiger partial charge in [0, 0.05) is 24.8 Å². The van der Waals surface area contributed by atoms with Crippen molar-refractivity contribution >= 4 is 11.8 Å². The van der Waals surface area contributed by atoms with Crippen LogP contribution in [0.4, 0.5) is 0 Å². The van der Waals surface area contributed by atoms with E-state index in [1.165, 1.54) is 19.6 Å². The molecule has 2 aliphatic carbocycles. The normalized spacial score (nSPS) is 32.9. The van der Waals surface area contributed by atoms with Gasteiger partial charge < -0.3 is 14.2 Å². The number of rotatable bonds is 1. The molecule has 2 fully saturated rings. The molecule has 0 aromatic carbocycles. The molecule has 0 N–H and O–H groups in total. The maximum absolute atomic E-state index is 12.0. The van der Waals surface area contributed by atoms with E-state index in [4.69, 9.17) is 9.47 Å². The molecule has 1 aliphatic heterocycles. The Morgan fingerprint density at radius 1 is 1.32 bits per heavy atom. The fourth-order valence-electron chi connectivity index (χ4n) is 3.19. The second-order valence-corrected chi connectivity index (χ2v) is 5.43. The first kappa shape index (κ1) is 12.8. The van der Waals surface area contributed by atoms with Gasteiger partial charge in [0.2, 0.25) is 0 Å². The molecule has 104 valence electrons. The van der Waals surface area contributed by atoms with Crippen LogP contribution in [0.25, 0.3) is 0 Å². The molecular formula is C14H18O5. The summed E-state index contributed by atoms with van der Waals surface area (Å²) in [6, 6.07) is 0. The van der Waals surface area contributed by atoms with Gasteiger partial charge in [0.1, 0.15) is 6.10 Å². The van der Waals surface area contributed by atoms with Crippen molar-refractivity contribution in [3.63, 3.8) is 0 Å². The molecule has 0 aromatic heterocycles. The zero-order chi connectivity index (χ0) is 13.5. The molecule has 0 aromatic rings. The van der Waals surface area contributed by atoms with E-state index < -0.39 is 17.9 Å². The Hall–Kier alpha value is -1.20. The Labute approximate surface area is 111 Å². The number of hydrogen-bond acceptors (Lipinski definition) is 5. The van der Waals surface area contributed by atoms with E-state index in [2.05, 4.69) is 4.74 Å². The van der Waals surface area contributed by atoms with Gasteiger partial charge in [-0.1, -0.05) is 6.42 Å². The molecule has 5 heteroatoms. The van der Waals surface area contributed by atoms with Crippen molar-refractivity contribution in [3.8, 4) is 0 Å². The van der Waals surface area contributed by atoms with Gasteiger partial charge in [0.05, 0.1) is 13.2 Å². The molecule has 3 rings (SSSR count). The summed E-state index contributed by atoms with van der Waals surface area (Å²) in [5, 5.41) is 0. The predicted octanol–water partition coefficient (Wildman–Crippen LogP) is 1.50. The quantitative estimate of drug-likeness (QED) is 0.673. The zero-order valence-electron chi connectivity index (χ0n) is 11.0. The van der Waals surface area contributed by atoms with Crippen molar-refractivity contribution in [1.82, 2.24) is 0 Å². The van der Waals surface area contributed by atoms with Gasteiger partial charge in [0.15, 0.2) is 11.6 Å². The van der Waals surface area contributed by atoms with Gasteiger partial charge >= 0.3 is 5.97 Å². The number of hydrogen-bond donors (Lipinski definition) is 0. The van der Waals surface area contributed by atoms with E-state index >= 15 is 0 Å². The topological polar surface area (TPSA) is 61.8 Å². The number of ether oxygens (including phenoxy) is 3. The molecule has 1 spiro atoms. The highest BCUT2D eigenvalue weighted by Crippen LogP contribution is 2.43. The summed E-state index contributed by atoms with van der Waals surface area (Å²) >= 11 is 0. The molecular weight excluding hydrogens is 248 g/mol. The number of esters is 1. The largest absolute Gasteiger partial charge is 0.466 e. The third-order valence-corrected chi connectivity index (χ3v) is 4.13. The first-order chi connectivity index (χ1) is 9.13. The molecule has 0 radical (unpaired) electrons. The van der Waals surface area contributed by atoms with Crippen LogP contribution in [0, 0.1) is 0 Å². The maximum atomic E-state index is 12.0. The lowest BCUT2D eigenvalue weighted by Crippen LogP contribution is -2.36. The summed E-state index contributed by atoms with van der Waals surface area (Å²) in [7, 11) is 1.31. The van der Waals surface area contributed by atoms with Gasteiger partial charge in [-0.25, -0.2) is 4.79 Å². The fraction of sp³-hybridized carbons (Fsp3) is 0.714. The minimum Gasteiger partial charge on any atom is -0.466 e. The van der Waals surface area contributed by atoms with Crippen LogP contribution in [0.3, 0.4) is 0 Å². The van der Waals surface area contributed by atoms with Gasteiger partial charge in [-0.3, -0.25) is 4.79 Å². The molecule has 1 saturated heterocycles. The maximum Gasteiger partial charge on any atom is 0.333 e. The summed E-state index contributed by atoms with van der Waals surface area (Å²) in [4.78, 5) is 23.6. The van der Waals surface area contributed by atoms with Crippen LogP contribution in [0.1, 0.15) is 38.5 Å². The first-order valence-electron chi connectivity index (χ1n) is 6.82. The fourth-order valence-corrected chi connectivity index (χ4v) is 3.19. The number of fused-ring (bicyclic) bond motifs is 1. The van der Waals surface area contributed by atoms with Crippen molar-refractivity contribution in [2.24, 2.45) is 0 Å². The van der Waals surface area contributed by atoms with Crippen molar-refractivity contribution in [2.45, 2.75) is 56.5 Å². The van der Waals surface area contributed by atoms with Gasteiger partial charge in [-0.15, -0.1) is 0 Å². The van der Waals surface area contributed by atoms with Crippen LogP contribution in [-0.2, 0) is 23.8 Å². The summed E-state index contributed by atoms with van der Waals surface area (Å²) in [5.41, 5.74) is 0.380. The van der Waals surface area contributed by atoms with Crippen molar-refractivity contribution in [1.29, 1.82) is 0 Å². The molecule has 1 saturated carbocycles. The van der Waals surface area contributed by atoms with Crippen molar-refractivity contribution < 1.29 is 23.8 Å². The molecule has 3 aliphatic rings. The Balaban J connectivity index is 1.77. The summed E-state index contributed by atoms with van der Waals surface area (Å²) in [6.07, 6.45) is 5.82. The monoisotopic (exact) mass is 266 g/mol. The molecule has 2 atom stereocenters. The minimum atomic E-state index is -0.595.